The van der Waals surface area contributed by atoms with E-state index in [0.717, 1.165) is 10.2 Å². The Balaban J connectivity index is 1.69. The number of sulfonamides is 1. The Morgan fingerprint density at radius 3 is 2.47 bits per heavy atom. The Morgan fingerprint density at radius 1 is 1.17 bits per heavy atom. The van der Waals surface area contributed by atoms with Crippen LogP contribution in [0.25, 0.3) is 5.69 Å². The third kappa shape index (κ3) is 5.44. The normalized spacial score (nSPS) is 11.3. The Kier molecular flexibility index (Phi) is 6.86. The summed E-state index contributed by atoms with van der Waals surface area (Å²) in [4.78, 5) is 12.7. The van der Waals surface area contributed by atoms with Gasteiger partial charge in [0.15, 0.2) is 0 Å². The van der Waals surface area contributed by atoms with Crippen molar-refractivity contribution in [3.8, 4) is 5.69 Å². The lowest BCUT2D eigenvalue weighted by Crippen LogP contribution is -2.25. The molecule has 0 radical (unpaired) electrons. The zero-order chi connectivity index (χ0) is 21.7. The summed E-state index contributed by atoms with van der Waals surface area (Å²) < 4.78 is 29.0. The largest absolute Gasteiger partial charge is 0.322 e. The minimum absolute atomic E-state index is 0.145. The highest BCUT2D eigenvalue weighted by atomic mass is 79.9. The maximum Gasteiger partial charge on any atom is 0.259 e. The summed E-state index contributed by atoms with van der Waals surface area (Å²) in [6.07, 6.45) is 3.01. The van der Waals surface area contributed by atoms with Crippen molar-refractivity contribution in [3.63, 3.8) is 0 Å². The van der Waals surface area contributed by atoms with Crippen molar-refractivity contribution in [2.24, 2.45) is 0 Å². The molecule has 156 valence electrons. The van der Waals surface area contributed by atoms with Gasteiger partial charge < -0.3 is 5.32 Å². The molecule has 0 saturated carbocycles. The molecular formula is C21H21BrN4O3S. The van der Waals surface area contributed by atoms with Crippen molar-refractivity contribution in [2.75, 3.05) is 11.9 Å². The van der Waals surface area contributed by atoms with Gasteiger partial charge in [-0.25, -0.2) is 17.8 Å². The summed E-state index contributed by atoms with van der Waals surface area (Å²) >= 11 is 3.40. The molecule has 0 aliphatic carbocycles. The van der Waals surface area contributed by atoms with Gasteiger partial charge in [0.05, 0.1) is 28.9 Å². The lowest BCUT2D eigenvalue weighted by atomic mass is 10.2. The summed E-state index contributed by atoms with van der Waals surface area (Å²) in [6.45, 7) is 5.50. The van der Waals surface area contributed by atoms with Gasteiger partial charge in [0.2, 0.25) is 10.0 Å². The zero-order valence-corrected chi connectivity index (χ0v) is 18.7. The van der Waals surface area contributed by atoms with Crippen molar-refractivity contribution in [1.82, 2.24) is 14.5 Å². The Labute approximate surface area is 184 Å². The van der Waals surface area contributed by atoms with Crippen LogP contribution in [0.4, 0.5) is 5.69 Å². The minimum atomic E-state index is -3.43. The number of hydrogen-bond acceptors (Lipinski definition) is 4. The van der Waals surface area contributed by atoms with Crippen LogP contribution in [0.1, 0.15) is 21.6 Å². The van der Waals surface area contributed by atoms with Gasteiger partial charge in [0.25, 0.3) is 5.91 Å². The molecule has 0 aliphatic heterocycles. The first kappa shape index (κ1) is 21.9. The lowest BCUT2D eigenvalue weighted by Gasteiger charge is -2.08. The predicted octanol–water partition coefficient (Wildman–Crippen LogP) is 3.80. The first-order chi connectivity index (χ1) is 14.3. The van der Waals surface area contributed by atoms with Crippen molar-refractivity contribution >= 4 is 37.5 Å². The average Bonchev–Trinajstić information content (AvgIpc) is 3.10. The van der Waals surface area contributed by atoms with Crippen LogP contribution in [0.15, 0.2) is 71.9 Å². The molecule has 7 nitrogen and oxygen atoms in total. The molecule has 3 aromatic rings. The number of nitrogens with one attached hydrogen (secondary N) is 2. The number of carbonyl (C=O) groups excluding carboxylic acids is 1. The first-order valence-corrected chi connectivity index (χ1v) is 11.5. The molecule has 0 fully saturated rings. The number of hydrogen-bond donors (Lipinski definition) is 2. The number of benzene rings is 2. The minimum Gasteiger partial charge on any atom is -0.322 e. The van der Waals surface area contributed by atoms with E-state index in [2.05, 4.69) is 37.6 Å². The van der Waals surface area contributed by atoms with Crippen LogP contribution in [0.5, 0.6) is 0 Å². The van der Waals surface area contributed by atoms with Crippen LogP contribution in [0, 0.1) is 6.92 Å². The third-order valence-electron chi connectivity index (χ3n) is 4.34. The van der Waals surface area contributed by atoms with E-state index < -0.39 is 10.0 Å². The van der Waals surface area contributed by atoms with E-state index in [9.17, 15) is 13.2 Å². The smallest absolute Gasteiger partial charge is 0.259 e. The number of amides is 1. The number of aromatic nitrogens is 2. The van der Waals surface area contributed by atoms with Crippen LogP contribution >= 0.6 is 15.9 Å². The summed E-state index contributed by atoms with van der Waals surface area (Å²) in [7, 11) is -3.43. The molecule has 3 rings (SSSR count). The highest BCUT2D eigenvalue weighted by molar-refractivity contribution is 9.10. The second-order valence-corrected chi connectivity index (χ2v) is 9.30. The topological polar surface area (TPSA) is 93.1 Å². The van der Waals surface area contributed by atoms with Gasteiger partial charge in [-0.1, -0.05) is 34.1 Å². The SMILES string of the molecule is C=CCNS(=O)(=O)Cc1ccc(NC(=O)c2cnn(-c3ccc(Br)cc3)c2C)cc1. The van der Waals surface area contributed by atoms with Crippen LogP contribution < -0.4 is 10.0 Å². The van der Waals surface area contributed by atoms with E-state index in [1.165, 1.54) is 12.3 Å². The maximum atomic E-state index is 12.7. The van der Waals surface area contributed by atoms with E-state index in [0.29, 0.717) is 22.5 Å². The fraction of sp³-hybridized carbons (Fsp3) is 0.143. The standard InChI is InChI=1S/C21H21BrN4O3S/c1-3-12-24-30(28,29)14-16-4-8-18(9-5-16)25-21(27)20-13-23-26(15(20)2)19-10-6-17(22)7-11-19/h3-11,13,24H,1,12,14H2,2H3,(H,25,27). The Bertz CT molecular complexity index is 1150. The fourth-order valence-corrected chi connectivity index (χ4v) is 4.18. The molecule has 0 saturated heterocycles. The molecule has 1 heterocycles. The summed E-state index contributed by atoms with van der Waals surface area (Å²) in [5, 5.41) is 7.14. The predicted molar refractivity (Wildman–Crippen MR) is 121 cm³/mol. The molecule has 0 aliphatic rings. The molecule has 1 amide bonds. The molecule has 0 bridgehead atoms. The Morgan fingerprint density at radius 2 is 1.83 bits per heavy atom. The molecule has 9 heteroatoms. The van der Waals surface area contributed by atoms with Crippen molar-refractivity contribution in [2.45, 2.75) is 12.7 Å². The van der Waals surface area contributed by atoms with Gasteiger partial charge in [0, 0.05) is 16.7 Å². The molecule has 0 unspecified atom stereocenters. The van der Waals surface area contributed by atoms with Crippen molar-refractivity contribution in [1.29, 1.82) is 0 Å². The average molecular weight is 489 g/mol. The van der Waals surface area contributed by atoms with Crippen molar-refractivity contribution in [3.05, 3.63) is 88.7 Å². The maximum absolute atomic E-state index is 12.7. The fourth-order valence-electron chi connectivity index (χ4n) is 2.81. The monoisotopic (exact) mass is 488 g/mol. The van der Waals surface area contributed by atoms with Gasteiger partial charge >= 0.3 is 0 Å². The van der Waals surface area contributed by atoms with Gasteiger partial charge in [0.1, 0.15) is 0 Å². The first-order valence-electron chi connectivity index (χ1n) is 9.08. The number of anilines is 1. The van der Waals surface area contributed by atoms with Crippen molar-refractivity contribution < 1.29 is 13.2 Å². The molecule has 0 atom stereocenters. The van der Waals surface area contributed by atoms with E-state index in [-0.39, 0.29) is 18.2 Å². The van der Waals surface area contributed by atoms with Crippen LogP contribution in [-0.4, -0.2) is 30.7 Å². The molecule has 0 spiro atoms. The summed E-state index contributed by atoms with van der Waals surface area (Å²) in [5.74, 6) is -0.433. The Hall–Kier alpha value is -2.75. The lowest BCUT2D eigenvalue weighted by molar-refractivity contribution is 0.102. The molecule has 30 heavy (non-hydrogen) atoms. The van der Waals surface area contributed by atoms with E-state index >= 15 is 0 Å². The van der Waals surface area contributed by atoms with Gasteiger partial charge in [-0.05, 0) is 48.9 Å². The second kappa shape index (κ2) is 9.38. The third-order valence-corrected chi connectivity index (χ3v) is 6.19. The van der Waals surface area contributed by atoms with E-state index in [4.69, 9.17) is 0 Å². The summed E-state index contributed by atoms with van der Waals surface area (Å²) in [5.41, 5.74) is 3.20. The number of halogens is 1. The number of rotatable bonds is 8. The molecule has 1 aromatic heterocycles. The number of nitrogens with zero attached hydrogens (tertiary/aromatic N) is 2. The number of carbonyl (C=O) groups is 1. The quantitative estimate of drug-likeness (QED) is 0.471. The van der Waals surface area contributed by atoms with E-state index in [1.807, 2.05) is 31.2 Å². The van der Waals surface area contributed by atoms with Gasteiger partial charge in [-0.15, -0.1) is 6.58 Å². The highest BCUT2D eigenvalue weighted by Gasteiger charge is 2.16. The van der Waals surface area contributed by atoms with Gasteiger partial charge in [-0.2, -0.15) is 5.10 Å². The second-order valence-electron chi connectivity index (χ2n) is 6.58. The summed E-state index contributed by atoms with van der Waals surface area (Å²) in [6, 6.07) is 14.3. The van der Waals surface area contributed by atoms with Crippen LogP contribution in [0.3, 0.4) is 0 Å². The van der Waals surface area contributed by atoms with Crippen LogP contribution in [-0.2, 0) is 15.8 Å². The van der Waals surface area contributed by atoms with Gasteiger partial charge in [-0.3, -0.25) is 4.79 Å². The van der Waals surface area contributed by atoms with E-state index in [1.54, 1.807) is 28.9 Å². The van der Waals surface area contributed by atoms with Crippen LogP contribution in [0.2, 0.25) is 0 Å². The molecular weight excluding hydrogens is 468 g/mol. The molecule has 2 N–H and O–H groups in total. The zero-order valence-electron chi connectivity index (χ0n) is 16.3. The highest BCUT2D eigenvalue weighted by Crippen LogP contribution is 2.19. The molecule has 2 aromatic carbocycles.